The highest BCUT2D eigenvalue weighted by Crippen LogP contribution is 2.35. The number of ketones is 2. The molecule has 0 radical (unpaired) electrons. The molecule has 1 aliphatic carbocycles. The van der Waals surface area contributed by atoms with Crippen molar-refractivity contribution >= 4 is 74.0 Å². The summed E-state index contributed by atoms with van der Waals surface area (Å²) in [7, 11) is 0. The van der Waals surface area contributed by atoms with Gasteiger partial charge >= 0.3 is 0 Å². The van der Waals surface area contributed by atoms with Crippen LogP contribution < -0.4 is 16.0 Å². The number of amides is 1. The minimum Gasteiger partial charge on any atom is -0.339 e. The number of carbonyl (C=O) groups excluding carboxylic acids is 3. The van der Waals surface area contributed by atoms with Crippen LogP contribution in [0.25, 0.3) is 21.7 Å². The summed E-state index contributed by atoms with van der Waals surface area (Å²) in [5.41, 5.74) is 3.09. The van der Waals surface area contributed by atoms with E-state index in [4.69, 9.17) is 11.6 Å². The standard InChI is InChI=1S/C38H33ClN8O3/c1-4-47(5-2)21(3)40-37-44-36(39)45-38(46-37)43-30-15-9-11-24-25(30)12-8-14-29(24)42-35(50)23-16-18-26-27(20-23)34(49)32(33(26)48)31-19-17-22-10-6-7-13-28(22)41-31/h6-21,32H,4-5H2,1-3H3,(H,42,50)(H2,40,43,44,45,46). The molecule has 0 spiro atoms. The Morgan fingerprint density at radius 1 is 0.780 bits per heavy atom. The van der Waals surface area contributed by atoms with Crippen molar-refractivity contribution in [3.63, 3.8) is 0 Å². The van der Waals surface area contributed by atoms with Gasteiger partial charge in [0.25, 0.3) is 5.91 Å². The van der Waals surface area contributed by atoms with Crippen molar-refractivity contribution in [3.05, 3.63) is 119 Å². The maximum absolute atomic E-state index is 13.6. The monoisotopic (exact) mass is 684 g/mol. The van der Waals surface area contributed by atoms with E-state index >= 15 is 0 Å². The van der Waals surface area contributed by atoms with Crippen molar-refractivity contribution in [2.75, 3.05) is 29.0 Å². The topological polar surface area (TPSA) is 142 Å². The Hall–Kier alpha value is -5.78. The van der Waals surface area contributed by atoms with E-state index in [1.54, 1.807) is 24.3 Å². The van der Waals surface area contributed by atoms with Crippen molar-refractivity contribution in [2.24, 2.45) is 0 Å². The molecular weight excluding hydrogens is 652 g/mol. The van der Waals surface area contributed by atoms with Crippen LogP contribution in [0.5, 0.6) is 0 Å². The number of anilines is 4. The van der Waals surface area contributed by atoms with Gasteiger partial charge in [0.15, 0.2) is 11.6 Å². The minimum absolute atomic E-state index is 0.0210. The summed E-state index contributed by atoms with van der Waals surface area (Å²) in [4.78, 5) is 60.4. The minimum atomic E-state index is -1.05. The quantitative estimate of drug-likeness (QED) is 0.0982. The number of benzene rings is 4. The molecule has 1 aliphatic rings. The fourth-order valence-electron chi connectivity index (χ4n) is 6.41. The number of pyridine rings is 1. The summed E-state index contributed by atoms with van der Waals surface area (Å²) in [6.07, 6.45) is -0.0210. The maximum atomic E-state index is 13.6. The summed E-state index contributed by atoms with van der Waals surface area (Å²) in [6.45, 7) is 7.91. The molecule has 0 bridgehead atoms. The zero-order chi connectivity index (χ0) is 34.9. The SMILES string of the molecule is CCN(CC)C(C)Nc1nc(Cl)nc(Nc2cccc3c(NC(=O)c4ccc5c(c4)C(=O)C(c4ccc6ccccc6n4)C5=O)cccc23)n1. The van der Waals surface area contributed by atoms with Crippen molar-refractivity contribution in [1.82, 2.24) is 24.8 Å². The van der Waals surface area contributed by atoms with Crippen LogP contribution in [0.15, 0.2) is 91.0 Å². The van der Waals surface area contributed by atoms with E-state index in [1.165, 1.54) is 6.07 Å². The summed E-state index contributed by atoms with van der Waals surface area (Å²) >= 11 is 6.27. The summed E-state index contributed by atoms with van der Waals surface area (Å²) in [6, 6.07) is 26.8. The van der Waals surface area contributed by atoms with Crippen LogP contribution in [0, 0.1) is 0 Å². The molecule has 2 unspecified atom stereocenters. The number of hydrogen-bond donors (Lipinski definition) is 3. The Kier molecular flexibility index (Phi) is 8.92. The number of nitrogens with zero attached hydrogens (tertiary/aromatic N) is 5. The number of aromatic nitrogens is 4. The summed E-state index contributed by atoms with van der Waals surface area (Å²) < 4.78 is 0. The fraction of sp³-hybridized carbons (Fsp3) is 0.184. The highest BCUT2D eigenvalue weighted by molar-refractivity contribution is 6.30. The van der Waals surface area contributed by atoms with Gasteiger partial charge < -0.3 is 16.0 Å². The van der Waals surface area contributed by atoms with E-state index in [0.29, 0.717) is 28.5 Å². The van der Waals surface area contributed by atoms with Crippen LogP contribution in [-0.4, -0.2) is 61.6 Å². The average Bonchev–Trinajstić information content (AvgIpc) is 3.37. The molecule has 0 aliphatic heterocycles. The largest absolute Gasteiger partial charge is 0.339 e. The molecule has 0 fully saturated rings. The van der Waals surface area contributed by atoms with Crippen molar-refractivity contribution in [3.8, 4) is 0 Å². The third-order valence-corrected chi connectivity index (χ3v) is 9.14. The second-order valence-electron chi connectivity index (χ2n) is 11.9. The number of nitrogens with one attached hydrogen (secondary N) is 3. The molecular formula is C38H33ClN8O3. The second kappa shape index (κ2) is 13.6. The number of para-hydroxylation sites is 1. The Balaban J connectivity index is 1.12. The molecule has 2 aromatic heterocycles. The first-order valence-electron chi connectivity index (χ1n) is 16.3. The predicted molar refractivity (Wildman–Crippen MR) is 196 cm³/mol. The molecule has 2 heterocycles. The molecule has 7 rings (SSSR count). The van der Waals surface area contributed by atoms with Gasteiger partial charge in [0, 0.05) is 44.2 Å². The van der Waals surface area contributed by atoms with Crippen LogP contribution in [0.4, 0.5) is 23.3 Å². The molecule has 250 valence electrons. The molecule has 2 atom stereocenters. The molecule has 12 heteroatoms. The number of rotatable bonds is 10. The van der Waals surface area contributed by atoms with Crippen molar-refractivity contribution in [2.45, 2.75) is 32.9 Å². The Morgan fingerprint density at radius 2 is 1.48 bits per heavy atom. The summed E-state index contributed by atoms with van der Waals surface area (Å²) in [5, 5.41) is 12.0. The molecule has 3 N–H and O–H groups in total. The molecule has 6 aromatic rings. The molecule has 50 heavy (non-hydrogen) atoms. The van der Waals surface area contributed by atoms with Crippen LogP contribution >= 0.6 is 11.6 Å². The zero-order valence-corrected chi connectivity index (χ0v) is 28.3. The van der Waals surface area contributed by atoms with Gasteiger partial charge in [0.1, 0.15) is 5.92 Å². The van der Waals surface area contributed by atoms with Gasteiger partial charge in [-0.15, -0.1) is 0 Å². The van der Waals surface area contributed by atoms with Crippen molar-refractivity contribution in [1.29, 1.82) is 0 Å². The molecule has 0 saturated heterocycles. The van der Waals surface area contributed by atoms with E-state index in [-0.39, 0.29) is 45.7 Å². The Bertz CT molecular complexity index is 2310. The normalized spacial score (nSPS) is 14.6. The average molecular weight is 685 g/mol. The number of halogens is 1. The smallest absolute Gasteiger partial charge is 0.255 e. The predicted octanol–water partition coefficient (Wildman–Crippen LogP) is 7.48. The zero-order valence-electron chi connectivity index (χ0n) is 27.6. The van der Waals surface area contributed by atoms with Gasteiger partial charge in [-0.1, -0.05) is 62.4 Å². The fourth-order valence-corrected chi connectivity index (χ4v) is 6.57. The Labute approximate surface area is 293 Å². The maximum Gasteiger partial charge on any atom is 0.255 e. The highest BCUT2D eigenvalue weighted by Gasteiger charge is 2.41. The number of Topliss-reactive ketones (excluding diaryl/α,β-unsaturated/α-hetero) is 2. The number of carbonyl (C=O) groups is 3. The van der Waals surface area contributed by atoms with Crippen LogP contribution in [0.2, 0.25) is 5.28 Å². The summed E-state index contributed by atoms with van der Waals surface area (Å²) in [5.74, 6) is -1.57. The third-order valence-electron chi connectivity index (χ3n) is 8.98. The van der Waals surface area contributed by atoms with Crippen LogP contribution in [0.1, 0.15) is 63.5 Å². The van der Waals surface area contributed by atoms with Gasteiger partial charge in [0.05, 0.1) is 17.4 Å². The third kappa shape index (κ3) is 6.24. The lowest BCUT2D eigenvalue weighted by Crippen LogP contribution is -2.38. The lowest BCUT2D eigenvalue weighted by Gasteiger charge is -2.27. The first kappa shape index (κ1) is 32.8. The van der Waals surface area contributed by atoms with Gasteiger partial charge in [-0.05, 0) is 74.1 Å². The Morgan fingerprint density at radius 3 is 2.26 bits per heavy atom. The molecule has 11 nitrogen and oxygen atoms in total. The van der Waals surface area contributed by atoms with Crippen LogP contribution in [0.3, 0.4) is 0 Å². The number of hydrogen-bond acceptors (Lipinski definition) is 10. The first-order valence-corrected chi connectivity index (χ1v) is 16.7. The number of fused-ring (bicyclic) bond motifs is 3. The lowest BCUT2D eigenvalue weighted by molar-refractivity contribution is 0.0887. The molecule has 4 aromatic carbocycles. The lowest BCUT2D eigenvalue weighted by atomic mass is 9.98. The van der Waals surface area contributed by atoms with Gasteiger partial charge in [-0.25, -0.2) is 0 Å². The molecule has 1 amide bonds. The van der Waals surface area contributed by atoms with Crippen molar-refractivity contribution < 1.29 is 14.4 Å². The highest BCUT2D eigenvalue weighted by atomic mass is 35.5. The van der Waals surface area contributed by atoms with Gasteiger partial charge in [-0.3, -0.25) is 24.3 Å². The molecule has 0 saturated carbocycles. The van der Waals surface area contributed by atoms with E-state index in [2.05, 4.69) is 54.6 Å². The van der Waals surface area contributed by atoms with Gasteiger partial charge in [-0.2, -0.15) is 15.0 Å². The first-order chi connectivity index (χ1) is 24.2. The second-order valence-corrected chi connectivity index (χ2v) is 12.3. The van der Waals surface area contributed by atoms with E-state index in [1.807, 2.05) is 67.6 Å². The van der Waals surface area contributed by atoms with Crippen LogP contribution in [-0.2, 0) is 0 Å². The van der Waals surface area contributed by atoms with E-state index in [0.717, 1.165) is 29.2 Å². The van der Waals surface area contributed by atoms with Gasteiger partial charge in [0.2, 0.25) is 17.2 Å². The van der Waals surface area contributed by atoms with E-state index < -0.39 is 11.8 Å². The van der Waals surface area contributed by atoms with E-state index in [9.17, 15) is 14.4 Å².